The lowest BCUT2D eigenvalue weighted by Gasteiger charge is -2.25. The highest BCUT2D eigenvalue weighted by Crippen LogP contribution is 2.23. The standard InChI is InChI=1S/C17H23NO6S/c1-23-16(19)15(11-13-7-9-25(21,22)10-8-13)18-17(20)24-12-14-5-3-2-4-6-14/h2-6,13,15H,7-12H2,1H3,(H,18,20)/t15-/m0/s1. The first-order chi connectivity index (χ1) is 11.9. The van der Waals surface area contributed by atoms with Crippen molar-refractivity contribution in [2.45, 2.75) is 31.9 Å². The van der Waals surface area contributed by atoms with Crippen LogP contribution in [0, 0.1) is 5.92 Å². The van der Waals surface area contributed by atoms with Crippen LogP contribution in [0.2, 0.25) is 0 Å². The van der Waals surface area contributed by atoms with Gasteiger partial charge in [-0.3, -0.25) is 0 Å². The molecule has 8 heteroatoms. The summed E-state index contributed by atoms with van der Waals surface area (Å²) < 4.78 is 32.8. The number of carbonyl (C=O) groups excluding carboxylic acids is 2. The van der Waals surface area contributed by atoms with Gasteiger partial charge in [0.05, 0.1) is 18.6 Å². The second kappa shape index (κ2) is 8.84. The second-order valence-corrected chi connectivity index (χ2v) is 8.42. The molecule has 0 aromatic heterocycles. The van der Waals surface area contributed by atoms with E-state index in [-0.39, 0.29) is 24.0 Å². The number of sulfone groups is 1. The van der Waals surface area contributed by atoms with E-state index in [1.807, 2.05) is 30.3 Å². The number of benzene rings is 1. The lowest BCUT2D eigenvalue weighted by Crippen LogP contribution is -2.43. The van der Waals surface area contributed by atoms with Gasteiger partial charge in [0.1, 0.15) is 22.5 Å². The number of hydrogen-bond acceptors (Lipinski definition) is 6. The van der Waals surface area contributed by atoms with Crippen LogP contribution in [0.3, 0.4) is 0 Å². The molecule has 1 aromatic rings. The lowest BCUT2D eigenvalue weighted by atomic mass is 9.94. The maximum atomic E-state index is 12.0. The van der Waals surface area contributed by atoms with Crippen molar-refractivity contribution in [3.63, 3.8) is 0 Å². The van der Waals surface area contributed by atoms with Crippen LogP contribution in [-0.2, 0) is 30.7 Å². The second-order valence-electron chi connectivity index (χ2n) is 6.11. The fourth-order valence-corrected chi connectivity index (χ4v) is 4.36. The van der Waals surface area contributed by atoms with Crippen molar-refractivity contribution < 1.29 is 27.5 Å². The smallest absolute Gasteiger partial charge is 0.408 e. The quantitative estimate of drug-likeness (QED) is 0.766. The summed E-state index contributed by atoms with van der Waals surface area (Å²) in [5.41, 5.74) is 0.838. The van der Waals surface area contributed by atoms with Gasteiger partial charge in [-0.2, -0.15) is 0 Å². The van der Waals surface area contributed by atoms with Gasteiger partial charge in [-0.25, -0.2) is 18.0 Å². The van der Waals surface area contributed by atoms with Gasteiger partial charge in [0.2, 0.25) is 0 Å². The number of nitrogens with one attached hydrogen (secondary N) is 1. The molecule has 0 unspecified atom stereocenters. The number of alkyl carbamates (subject to hydrolysis) is 1. The monoisotopic (exact) mass is 369 g/mol. The molecule has 0 saturated carbocycles. The van der Waals surface area contributed by atoms with E-state index in [9.17, 15) is 18.0 Å². The Labute approximate surface area is 147 Å². The summed E-state index contributed by atoms with van der Waals surface area (Å²) in [5, 5.41) is 2.52. The summed E-state index contributed by atoms with van der Waals surface area (Å²) in [5.74, 6) is -0.291. The molecule has 1 aliphatic rings. The maximum absolute atomic E-state index is 12.0. The SMILES string of the molecule is COC(=O)[C@H](CC1CCS(=O)(=O)CC1)NC(=O)OCc1ccccc1. The third-order valence-corrected chi connectivity index (χ3v) is 5.95. The molecule has 1 saturated heterocycles. The van der Waals surface area contributed by atoms with Gasteiger partial charge in [0.25, 0.3) is 0 Å². The first-order valence-electron chi connectivity index (χ1n) is 8.15. The Morgan fingerprint density at radius 1 is 1.20 bits per heavy atom. The topological polar surface area (TPSA) is 98.8 Å². The highest BCUT2D eigenvalue weighted by atomic mass is 32.2. The molecule has 1 aliphatic heterocycles. The zero-order valence-electron chi connectivity index (χ0n) is 14.1. The lowest BCUT2D eigenvalue weighted by molar-refractivity contribution is -0.143. The average molecular weight is 369 g/mol. The Hall–Kier alpha value is -2.09. The fraction of sp³-hybridized carbons (Fsp3) is 0.529. The highest BCUT2D eigenvalue weighted by Gasteiger charge is 2.30. The predicted octanol–water partition coefficient (Wildman–Crippen LogP) is 1.67. The Morgan fingerprint density at radius 2 is 1.84 bits per heavy atom. The summed E-state index contributed by atoms with van der Waals surface area (Å²) in [4.78, 5) is 23.9. The maximum Gasteiger partial charge on any atom is 0.408 e. The number of ether oxygens (including phenoxy) is 2. The molecule has 138 valence electrons. The van der Waals surface area contributed by atoms with Gasteiger partial charge in [-0.05, 0) is 30.7 Å². The molecule has 0 bridgehead atoms. The van der Waals surface area contributed by atoms with Crippen molar-refractivity contribution in [1.82, 2.24) is 5.32 Å². The molecule has 1 fully saturated rings. The number of rotatable bonds is 6. The summed E-state index contributed by atoms with van der Waals surface area (Å²) >= 11 is 0. The molecule has 7 nitrogen and oxygen atoms in total. The average Bonchev–Trinajstić information content (AvgIpc) is 2.61. The molecule has 25 heavy (non-hydrogen) atoms. The van der Waals surface area contributed by atoms with Crippen LogP contribution in [0.1, 0.15) is 24.8 Å². The van der Waals surface area contributed by atoms with E-state index in [1.165, 1.54) is 7.11 Å². The predicted molar refractivity (Wildman–Crippen MR) is 91.6 cm³/mol. The van der Waals surface area contributed by atoms with E-state index in [1.54, 1.807) is 0 Å². The number of carbonyl (C=O) groups is 2. The van der Waals surface area contributed by atoms with E-state index in [0.29, 0.717) is 19.3 Å². The van der Waals surface area contributed by atoms with Crippen molar-refractivity contribution in [3.8, 4) is 0 Å². The van der Waals surface area contributed by atoms with Gasteiger partial charge < -0.3 is 14.8 Å². The molecule has 0 aliphatic carbocycles. The minimum Gasteiger partial charge on any atom is -0.467 e. The first kappa shape index (κ1) is 19.2. The Kier molecular flexibility index (Phi) is 6.81. The summed E-state index contributed by atoms with van der Waals surface area (Å²) in [6.45, 7) is 0.0994. The van der Waals surface area contributed by atoms with E-state index in [0.717, 1.165) is 5.56 Å². The van der Waals surface area contributed by atoms with Crippen molar-refractivity contribution in [2.75, 3.05) is 18.6 Å². The molecule has 2 rings (SSSR count). The van der Waals surface area contributed by atoms with E-state index >= 15 is 0 Å². The van der Waals surface area contributed by atoms with Crippen LogP contribution in [0.4, 0.5) is 4.79 Å². The molecule has 1 amide bonds. The molecule has 1 heterocycles. The van der Waals surface area contributed by atoms with Crippen LogP contribution < -0.4 is 5.32 Å². The summed E-state index contributed by atoms with van der Waals surface area (Å²) in [6, 6.07) is 8.34. The van der Waals surface area contributed by atoms with Crippen LogP contribution in [0.15, 0.2) is 30.3 Å². The van der Waals surface area contributed by atoms with Crippen LogP contribution in [0.5, 0.6) is 0 Å². The normalized spacial score (nSPS) is 18.1. The van der Waals surface area contributed by atoms with Crippen LogP contribution in [0.25, 0.3) is 0 Å². The Balaban J connectivity index is 1.86. The zero-order valence-corrected chi connectivity index (χ0v) is 15.0. The van der Waals surface area contributed by atoms with Gasteiger partial charge >= 0.3 is 12.1 Å². The minimum absolute atomic E-state index is 0.0436. The zero-order chi connectivity index (χ0) is 18.3. The van der Waals surface area contributed by atoms with E-state index < -0.39 is 27.9 Å². The Bertz CT molecular complexity index is 674. The number of esters is 1. The van der Waals surface area contributed by atoms with Gasteiger partial charge in [0.15, 0.2) is 0 Å². The van der Waals surface area contributed by atoms with Crippen molar-refractivity contribution in [2.24, 2.45) is 5.92 Å². The van der Waals surface area contributed by atoms with Gasteiger partial charge in [0, 0.05) is 0 Å². The van der Waals surface area contributed by atoms with Gasteiger partial charge in [-0.15, -0.1) is 0 Å². The molecular formula is C17H23NO6S. The molecule has 1 aromatic carbocycles. The van der Waals surface area contributed by atoms with Crippen LogP contribution in [-0.4, -0.2) is 45.1 Å². The highest BCUT2D eigenvalue weighted by molar-refractivity contribution is 7.91. The number of methoxy groups -OCH3 is 1. The van der Waals surface area contributed by atoms with Crippen molar-refractivity contribution in [1.29, 1.82) is 0 Å². The molecule has 1 atom stereocenters. The first-order valence-corrected chi connectivity index (χ1v) is 9.97. The largest absolute Gasteiger partial charge is 0.467 e. The minimum atomic E-state index is -2.97. The third kappa shape index (κ3) is 6.38. The van der Waals surface area contributed by atoms with E-state index in [4.69, 9.17) is 9.47 Å². The fourth-order valence-electron chi connectivity index (χ4n) is 2.77. The Morgan fingerprint density at radius 3 is 2.44 bits per heavy atom. The number of amides is 1. The molecule has 0 radical (unpaired) electrons. The van der Waals surface area contributed by atoms with E-state index in [2.05, 4.69) is 5.32 Å². The van der Waals surface area contributed by atoms with Gasteiger partial charge in [-0.1, -0.05) is 30.3 Å². The third-order valence-electron chi connectivity index (χ3n) is 4.23. The van der Waals surface area contributed by atoms with Crippen molar-refractivity contribution >= 4 is 21.9 Å². The summed E-state index contributed by atoms with van der Waals surface area (Å²) in [6.07, 6.45) is 0.596. The van der Waals surface area contributed by atoms with Crippen molar-refractivity contribution in [3.05, 3.63) is 35.9 Å². The summed E-state index contributed by atoms with van der Waals surface area (Å²) in [7, 11) is -1.72. The molecule has 0 spiro atoms. The molecule has 1 N–H and O–H groups in total. The van der Waals surface area contributed by atoms with Crippen LogP contribution >= 0.6 is 0 Å². The number of hydrogen-bond donors (Lipinski definition) is 1. The molecular weight excluding hydrogens is 346 g/mol.